The Hall–Kier alpha value is -1.07. The average Bonchev–Trinajstić information content (AvgIpc) is 2.61. The van der Waals surface area contributed by atoms with E-state index in [0.29, 0.717) is 11.6 Å². The minimum Gasteiger partial charge on any atom is -0.311 e. The Morgan fingerprint density at radius 1 is 1.33 bits per heavy atom. The van der Waals surface area contributed by atoms with Gasteiger partial charge in [0, 0.05) is 17.3 Å². The fraction of sp³-hybridized carbons (Fsp3) is 0.533. The molecule has 0 radical (unpaired) electrons. The van der Waals surface area contributed by atoms with Crippen molar-refractivity contribution >= 4 is 33.0 Å². The molecule has 0 unspecified atom stereocenters. The number of benzene rings is 1. The lowest BCUT2D eigenvalue weighted by Gasteiger charge is -2.23. The highest BCUT2D eigenvalue weighted by atomic mass is 35.5. The van der Waals surface area contributed by atoms with Gasteiger partial charge in [-0.25, -0.2) is 8.42 Å². The third kappa shape index (κ3) is 3.58. The monoisotopic (exact) mass is 329 g/mol. The largest absolute Gasteiger partial charge is 0.311 e. The van der Waals surface area contributed by atoms with Crippen LogP contribution in [0.5, 0.6) is 0 Å². The van der Waals surface area contributed by atoms with E-state index < -0.39 is 20.8 Å². The van der Waals surface area contributed by atoms with E-state index in [9.17, 15) is 13.2 Å². The van der Waals surface area contributed by atoms with Crippen molar-refractivity contribution in [2.75, 3.05) is 17.2 Å². The van der Waals surface area contributed by atoms with Crippen LogP contribution < -0.4 is 4.90 Å². The normalized spacial score (nSPS) is 15.7. The number of halogens is 1. The molecule has 1 amide bonds. The van der Waals surface area contributed by atoms with Gasteiger partial charge in [0.25, 0.3) is 0 Å². The van der Waals surface area contributed by atoms with Gasteiger partial charge in [-0.1, -0.05) is 17.7 Å². The maximum absolute atomic E-state index is 12.4. The first kappa shape index (κ1) is 16.3. The molecule has 2 rings (SSSR count). The zero-order valence-electron chi connectivity index (χ0n) is 12.3. The molecule has 0 spiro atoms. The van der Waals surface area contributed by atoms with Crippen LogP contribution >= 0.6 is 11.6 Å². The number of nitrogens with zero attached hydrogens (tertiary/aromatic N) is 1. The Morgan fingerprint density at radius 3 is 2.71 bits per heavy atom. The molecule has 0 atom stereocenters. The maximum atomic E-state index is 12.4. The summed E-state index contributed by atoms with van der Waals surface area (Å²) in [6.07, 6.45) is 2.60. The minimum absolute atomic E-state index is 0.367. The zero-order valence-corrected chi connectivity index (χ0v) is 13.9. The molecule has 1 heterocycles. The first-order valence-corrected chi connectivity index (χ1v) is 9.21. The first-order chi connectivity index (χ1) is 9.83. The van der Waals surface area contributed by atoms with Crippen LogP contribution in [0.2, 0.25) is 5.02 Å². The van der Waals surface area contributed by atoms with Crippen molar-refractivity contribution in [1.29, 1.82) is 0 Å². The molecule has 0 saturated heterocycles. The highest BCUT2D eigenvalue weighted by Gasteiger charge is 2.27. The number of carbonyl (C=O) groups is 1. The average molecular weight is 330 g/mol. The Morgan fingerprint density at radius 2 is 2.05 bits per heavy atom. The molecular weight excluding hydrogens is 310 g/mol. The fourth-order valence-corrected chi connectivity index (χ4v) is 3.51. The van der Waals surface area contributed by atoms with Gasteiger partial charge >= 0.3 is 0 Å². The summed E-state index contributed by atoms with van der Waals surface area (Å²) in [7, 11) is -3.40. The molecule has 21 heavy (non-hydrogen) atoms. The molecule has 1 aromatic rings. The van der Waals surface area contributed by atoms with Gasteiger partial charge in [0.2, 0.25) is 5.91 Å². The minimum atomic E-state index is -3.40. The van der Waals surface area contributed by atoms with Crippen LogP contribution in [-0.2, 0) is 21.1 Å². The van der Waals surface area contributed by atoms with Gasteiger partial charge in [-0.2, -0.15) is 0 Å². The summed E-state index contributed by atoms with van der Waals surface area (Å²) in [5, 5.41) is 0.0891. The molecular formula is C15H20ClNO3S. The van der Waals surface area contributed by atoms with E-state index in [0.717, 1.165) is 30.5 Å². The summed E-state index contributed by atoms with van der Waals surface area (Å²) in [4.78, 5) is 14.0. The number of hydrogen-bond donors (Lipinski definition) is 0. The van der Waals surface area contributed by atoms with E-state index in [1.165, 1.54) is 0 Å². The second-order valence-electron chi connectivity index (χ2n) is 5.60. The van der Waals surface area contributed by atoms with Crippen LogP contribution in [0.3, 0.4) is 0 Å². The van der Waals surface area contributed by atoms with Gasteiger partial charge in [-0.15, -0.1) is 0 Å². The van der Waals surface area contributed by atoms with Crippen molar-refractivity contribution in [2.45, 2.75) is 38.4 Å². The molecule has 0 N–H and O–H groups in total. The molecule has 0 fully saturated rings. The van der Waals surface area contributed by atoms with Crippen molar-refractivity contribution in [1.82, 2.24) is 0 Å². The predicted octanol–water partition coefficient (Wildman–Crippen LogP) is 2.83. The van der Waals surface area contributed by atoms with Gasteiger partial charge in [-0.3, -0.25) is 4.79 Å². The number of rotatable bonds is 3. The summed E-state index contributed by atoms with van der Waals surface area (Å²) in [6, 6.07) is 5.44. The summed E-state index contributed by atoms with van der Waals surface area (Å²) in [5.41, 5.74) is 1.69. The molecule has 0 bridgehead atoms. The first-order valence-electron chi connectivity index (χ1n) is 7.12. The predicted molar refractivity (Wildman–Crippen MR) is 85.7 cm³/mol. The molecule has 116 valence electrons. The molecule has 1 aliphatic rings. The summed E-state index contributed by atoms with van der Waals surface area (Å²) in [6.45, 7) is 3.73. The van der Waals surface area contributed by atoms with E-state index in [2.05, 4.69) is 0 Å². The van der Waals surface area contributed by atoms with Crippen LogP contribution in [0.4, 0.5) is 5.69 Å². The number of hydrogen-bond acceptors (Lipinski definition) is 3. The van der Waals surface area contributed by atoms with Gasteiger partial charge in [0.15, 0.2) is 9.84 Å². The number of sulfone groups is 1. The van der Waals surface area contributed by atoms with Crippen LogP contribution in [0.15, 0.2) is 18.2 Å². The van der Waals surface area contributed by atoms with E-state index in [4.69, 9.17) is 11.6 Å². The molecule has 4 nitrogen and oxygen atoms in total. The number of amides is 1. The second kappa shape index (κ2) is 6.36. The van der Waals surface area contributed by atoms with Crippen LogP contribution in [0.25, 0.3) is 0 Å². The highest BCUT2D eigenvalue weighted by Crippen LogP contribution is 2.32. The van der Waals surface area contributed by atoms with Gasteiger partial charge in [0.05, 0.1) is 5.25 Å². The lowest BCUT2D eigenvalue weighted by molar-refractivity contribution is -0.116. The Kier molecular flexibility index (Phi) is 4.94. The van der Waals surface area contributed by atoms with Gasteiger partial charge in [0.1, 0.15) is 5.75 Å². The van der Waals surface area contributed by atoms with E-state index in [1.807, 2.05) is 6.07 Å². The molecule has 0 saturated carbocycles. The molecule has 0 aliphatic carbocycles. The zero-order chi connectivity index (χ0) is 15.6. The standard InChI is InChI=1S/C15H20ClNO3S/c1-11(2)21(19,20)10-15(18)17-9-4-3-6-12-13(16)7-5-8-14(12)17/h5,7-8,11H,3-4,6,9-10H2,1-2H3. The Bertz CT molecular complexity index is 640. The van der Waals surface area contributed by atoms with Crippen molar-refractivity contribution in [3.05, 3.63) is 28.8 Å². The SMILES string of the molecule is CC(C)S(=O)(=O)CC(=O)N1CCCCc2c(Cl)cccc21. The number of carbonyl (C=O) groups excluding carboxylic acids is 1. The Labute approximate surface area is 131 Å². The second-order valence-corrected chi connectivity index (χ2v) is 8.56. The summed E-state index contributed by atoms with van der Waals surface area (Å²) in [5.74, 6) is -0.814. The van der Waals surface area contributed by atoms with E-state index in [-0.39, 0.29) is 5.91 Å². The van der Waals surface area contributed by atoms with Crippen LogP contribution in [0, 0.1) is 0 Å². The topological polar surface area (TPSA) is 54.5 Å². The highest BCUT2D eigenvalue weighted by molar-refractivity contribution is 7.92. The third-order valence-electron chi connectivity index (χ3n) is 3.79. The molecule has 1 aliphatic heterocycles. The third-order valence-corrected chi connectivity index (χ3v) is 6.23. The summed E-state index contributed by atoms with van der Waals surface area (Å²) < 4.78 is 23.9. The van der Waals surface area contributed by atoms with E-state index >= 15 is 0 Å². The van der Waals surface area contributed by atoms with Gasteiger partial charge < -0.3 is 4.90 Å². The lowest BCUT2D eigenvalue weighted by atomic mass is 10.1. The summed E-state index contributed by atoms with van der Waals surface area (Å²) >= 11 is 6.21. The van der Waals surface area contributed by atoms with Crippen LogP contribution in [-0.4, -0.2) is 31.9 Å². The van der Waals surface area contributed by atoms with Gasteiger partial charge in [-0.05, 0) is 50.8 Å². The molecule has 0 aromatic heterocycles. The number of anilines is 1. The Balaban J connectivity index is 2.33. The van der Waals surface area contributed by atoms with Crippen LogP contribution in [0.1, 0.15) is 32.3 Å². The number of fused-ring (bicyclic) bond motifs is 1. The fourth-order valence-electron chi connectivity index (χ4n) is 2.42. The van der Waals surface area contributed by atoms with Crippen molar-refractivity contribution in [3.63, 3.8) is 0 Å². The van der Waals surface area contributed by atoms with Crippen molar-refractivity contribution in [3.8, 4) is 0 Å². The van der Waals surface area contributed by atoms with Crippen molar-refractivity contribution < 1.29 is 13.2 Å². The quantitative estimate of drug-likeness (QED) is 0.856. The smallest absolute Gasteiger partial charge is 0.242 e. The van der Waals surface area contributed by atoms with Crippen molar-refractivity contribution in [2.24, 2.45) is 0 Å². The molecule has 6 heteroatoms. The maximum Gasteiger partial charge on any atom is 0.242 e. The van der Waals surface area contributed by atoms with E-state index in [1.54, 1.807) is 30.9 Å². The molecule has 1 aromatic carbocycles. The lowest BCUT2D eigenvalue weighted by Crippen LogP contribution is -2.38.